The van der Waals surface area contributed by atoms with Crippen LogP contribution in [-0.4, -0.2) is 22.6 Å². The van der Waals surface area contributed by atoms with Crippen molar-refractivity contribution in [3.05, 3.63) is 54.1 Å². The summed E-state index contributed by atoms with van der Waals surface area (Å²) in [7, 11) is 0. The standard InChI is InChI=1S/C20H22FN3O2S/c21-17-11-16(8-9-18(17)26-13-14-5-2-1-3-6-14)23-20(27)24-19(25)15-7-4-10-22-12-15/h4,7-12,14H,1-3,5-6,13H2,(H2,23,24,25,27). The largest absolute Gasteiger partial charge is 0.490 e. The van der Waals surface area contributed by atoms with Gasteiger partial charge in [-0.05, 0) is 55.2 Å². The highest BCUT2D eigenvalue weighted by Gasteiger charge is 2.15. The normalized spacial score (nSPS) is 14.4. The summed E-state index contributed by atoms with van der Waals surface area (Å²) < 4.78 is 19.9. The van der Waals surface area contributed by atoms with E-state index in [1.807, 2.05) is 0 Å². The van der Waals surface area contributed by atoms with E-state index in [2.05, 4.69) is 15.6 Å². The van der Waals surface area contributed by atoms with Crippen molar-refractivity contribution in [3.8, 4) is 5.75 Å². The van der Waals surface area contributed by atoms with Crippen LogP contribution in [0.3, 0.4) is 0 Å². The molecule has 0 aliphatic heterocycles. The predicted molar refractivity (Wildman–Crippen MR) is 106 cm³/mol. The summed E-state index contributed by atoms with van der Waals surface area (Å²) in [5.41, 5.74) is 0.827. The lowest BCUT2D eigenvalue weighted by atomic mass is 9.90. The average Bonchev–Trinajstić information content (AvgIpc) is 2.68. The van der Waals surface area contributed by atoms with Crippen molar-refractivity contribution < 1.29 is 13.9 Å². The Bertz CT molecular complexity index is 795. The van der Waals surface area contributed by atoms with Crippen LogP contribution >= 0.6 is 12.2 Å². The van der Waals surface area contributed by atoms with Crippen LogP contribution in [0, 0.1) is 11.7 Å². The van der Waals surface area contributed by atoms with Crippen molar-refractivity contribution in [2.24, 2.45) is 5.92 Å². The van der Waals surface area contributed by atoms with E-state index in [-0.39, 0.29) is 16.8 Å². The highest BCUT2D eigenvalue weighted by molar-refractivity contribution is 7.80. The summed E-state index contributed by atoms with van der Waals surface area (Å²) >= 11 is 5.11. The lowest BCUT2D eigenvalue weighted by molar-refractivity contribution is 0.0977. The third-order valence-electron chi connectivity index (χ3n) is 4.54. The zero-order chi connectivity index (χ0) is 19.1. The number of carbonyl (C=O) groups excluding carboxylic acids is 1. The number of pyridine rings is 1. The van der Waals surface area contributed by atoms with E-state index < -0.39 is 5.82 Å². The minimum atomic E-state index is -0.461. The van der Waals surface area contributed by atoms with Crippen LogP contribution in [-0.2, 0) is 0 Å². The summed E-state index contributed by atoms with van der Waals surface area (Å²) in [6.45, 7) is 0.545. The Balaban J connectivity index is 1.52. The van der Waals surface area contributed by atoms with Gasteiger partial charge in [0.1, 0.15) is 0 Å². The van der Waals surface area contributed by atoms with Crippen LogP contribution in [0.5, 0.6) is 5.75 Å². The Kier molecular flexibility index (Phi) is 6.70. The molecule has 3 rings (SSSR count). The number of thiocarbonyl (C=S) groups is 1. The summed E-state index contributed by atoms with van der Waals surface area (Å²) in [6, 6.07) is 7.84. The molecule has 1 amide bonds. The Morgan fingerprint density at radius 2 is 2.07 bits per heavy atom. The summed E-state index contributed by atoms with van der Waals surface area (Å²) in [5, 5.41) is 5.42. The molecule has 0 bridgehead atoms. The van der Waals surface area contributed by atoms with Gasteiger partial charge in [-0.25, -0.2) is 4.39 Å². The molecule has 1 fully saturated rings. The maximum absolute atomic E-state index is 14.3. The first kappa shape index (κ1) is 19.2. The number of halogens is 1. The lowest BCUT2D eigenvalue weighted by Crippen LogP contribution is -2.34. The number of amides is 1. The van der Waals surface area contributed by atoms with Gasteiger partial charge in [-0.15, -0.1) is 0 Å². The molecule has 0 radical (unpaired) electrons. The van der Waals surface area contributed by atoms with Gasteiger partial charge in [-0.2, -0.15) is 0 Å². The smallest absolute Gasteiger partial charge is 0.258 e. The quantitative estimate of drug-likeness (QED) is 0.749. The molecule has 0 unspecified atom stereocenters. The van der Waals surface area contributed by atoms with Crippen LogP contribution in [0.4, 0.5) is 10.1 Å². The fourth-order valence-electron chi connectivity index (χ4n) is 3.09. The summed E-state index contributed by atoms with van der Waals surface area (Å²) in [5.74, 6) is -0.103. The third-order valence-corrected chi connectivity index (χ3v) is 4.74. The van der Waals surface area contributed by atoms with E-state index in [0.29, 0.717) is 23.8 Å². The minimum absolute atomic E-state index is 0.0825. The zero-order valence-corrected chi connectivity index (χ0v) is 15.7. The van der Waals surface area contributed by atoms with E-state index in [4.69, 9.17) is 17.0 Å². The van der Waals surface area contributed by atoms with Crippen molar-refractivity contribution in [1.82, 2.24) is 10.3 Å². The molecule has 1 aromatic heterocycles. The molecule has 0 atom stereocenters. The number of carbonyl (C=O) groups is 1. The van der Waals surface area contributed by atoms with Gasteiger partial charge < -0.3 is 10.1 Å². The molecule has 1 saturated carbocycles. The van der Waals surface area contributed by atoms with E-state index in [9.17, 15) is 9.18 Å². The van der Waals surface area contributed by atoms with Crippen molar-refractivity contribution in [3.63, 3.8) is 0 Å². The number of aromatic nitrogens is 1. The lowest BCUT2D eigenvalue weighted by Gasteiger charge is -2.21. The molecule has 27 heavy (non-hydrogen) atoms. The molecule has 0 spiro atoms. The minimum Gasteiger partial charge on any atom is -0.490 e. The van der Waals surface area contributed by atoms with Gasteiger partial charge in [0.15, 0.2) is 16.7 Å². The van der Waals surface area contributed by atoms with Crippen molar-refractivity contribution in [2.45, 2.75) is 32.1 Å². The number of anilines is 1. The first-order valence-corrected chi connectivity index (χ1v) is 9.47. The highest BCUT2D eigenvalue weighted by atomic mass is 32.1. The molecular weight excluding hydrogens is 365 g/mol. The number of nitrogens with zero attached hydrogens (tertiary/aromatic N) is 1. The number of hydrogen-bond donors (Lipinski definition) is 2. The van der Waals surface area contributed by atoms with E-state index >= 15 is 0 Å². The van der Waals surface area contributed by atoms with Gasteiger partial charge in [0.2, 0.25) is 0 Å². The fourth-order valence-corrected chi connectivity index (χ4v) is 3.30. The topological polar surface area (TPSA) is 63.2 Å². The molecule has 1 aromatic carbocycles. The third kappa shape index (κ3) is 5.72. The maximum Gasteiger partial charge on any atom is 0.258 e. The average molecular weight is 387 g/mol. The second-order valence-corrected chi connectivity index (χ2v) is 7.02. The molecule has 1 aliphatic rings. The summed E-state index contributed by atoms with van der Waals surface area (Å²) in [4.78, 5) is 15.9. The van der Waals surface area contributed by atoms with Gasteiger partial charge in [-0.1, -0.05) is 19.3 Å². The SMILES string of the molecule is O=C(NC(=S)Nc1ccc(OCC2CCCCC2)c(F)c1)c1cccnc1. The number of rotatable bonds is 5. The van der Waals surface area contributed by atoms with Crippen LogP contribution in [0.2, 0.25) is 0 Å². The number of nitrogens with one attached hydrogen (secondary N) is 2. The number of ether oxygens (including phenoxy) is 1. The van der Waals surface area contributed by atoms with E-state index in [1.165, 1.54) is 31.5 Å². The van der Waals surface area contributed by atoms with Gasteiger partial charge >= 0.3 is 0 Å². The molecule has 5 nitrogen and oxygen atoms in total. The molecular formula is C20H22FN3O2S. The molecule has 0 saturated heterocycles. The molecule has 1 heterocycles. The highest BCUT2D eigenvalue weighted by Crippen LogP contribution is 2.26. The Labute approximate surface area is 163 Å². The number of hydrogen-bond acceptors (Lipinski definition) is 4. The Hall–Kier alpha value is -2.54. The maximum atomic E-state index is 14.3. The summed E-state index contributed by atoms with van der Waals surface area (Å²) in [6.07, 6.45) is 9.04. The van der Waals surface area contributed by atoms with Crippen molar-refractivity contribution in [2.75, 3.05) is 11.9 Å². The van der Waals surface area contributed by atoms with Gasteiger partial charge in [0.05, 0.1) is 12.2 Å². The van der Waals surface area contributed by atoms with E-state index in [1.54, 1.807) is 30.5 Å². The van der Waals surface area contributed by atoms with Gasteiger partial charge in [0, 0.05) is 24.1 Å². The Morgan fingerprint density at radius 3 is 2.78 bits per heavy atom. The second kappa shape index (κ2) is 9.41. The van der Waals surface area contributed by atoms with Gasteiger partial charge in [0.25, 0.3) is 5.91 Å². The van der Waals surface area contributed by atoms with Crippen LogP contribution < -0.4 is 15.4 Å². The molecule has 1 aliphatic carbocycles. The second-order valence-electron chi connectivity index (χ2n) is 6.61. The van der Waals surface area contributed by atoms with E-state index in [0.717, 1.165) is 12.8 Å². The van der Waals surface area contributed by atoms with Crippen LogP contribution in [0.25, 0.3) is 0 Å². The van der Waals surface area contributed by atoms with Gasteiger partial charge in [-0.3, -0.25) is 15.1 Å². The molecule has 142 valence electrons. The zero-order valence-electron chi connectivity index (χ0n) is 14.9. The van der Waals surface area contributed by atoms with Crippen LogP contribution in [0.15, 0.2) is 42.7 Å². The molecule has 2 aromatic rings. The molecule has 2 N–H and O–H groups in total. The first-order chi connectivity index (χ1) is 13.1. The monoisotopic (exact) mass is 387 g/mol. The fraction of sp³-hybridized carbons (Fsp3) is 0.350. The van der Waals surface area contributed by atoms with Crippen molar-refractivity contribution >= 4 is 28.9 Å². The molecule has 7 heteroatoms. The van der Waals surface area contributed by atoms with Crippen LogP contribution in [0.1, 0.15) is 42.5 Å². The van der Waals surface area contributed by atoms with Crippen molar-refractivity contribution in [1.29, 1.82) is 0 Å². The number of benzene rings is 1. The predicted octanol–water partition coefficient (Wildman–Crippen LogP) is 4.31. The first-order valence-electron chi connectivity index (χ1n) is 9.06. The Morgan fingerprint density at radius 1 is 1.26 bits per heavy atom.